The molecular weight excluding hydrogens is 374 g/mol. The van der Waals surface area contributed by atoms with E-state index in [2.05, 4.69) is 27.7 Å². The number of carbonyl (C=O) groups excluding carboxylic acids is 1. The van der Waals surface area contributed by atoms with E-state index in [-0.39, 0.29) is 23.2 Å². The van der Waals surface area contributed by atoms with Crippen LogP contribution in [0.5, 0.6) is 0 Å². The first-order chi connectivity index (χ1) is 14.3. The Kier molecular flexibility index (Phi) is 6.40. The Morgan fingerprint density at radius 3 is 1.97 bits per heavy atom. The Hall–Kier alpha value is -2.95. The molecule has 5 nitrogen and oxygen atoms in total. The van der Waals surface area contributed by atoms with Gasteiger partial charge in [-0.05, 0) is 55.9 Å². The van der Waals surface area contributed by atoms with E-state index in [0.29, 0.717) is 11.4 Å². The number of aliphatic imine (C=N–C) groups is 1. The Bertz CT molecular complexity index is 1070. The number of para-hydroxylation sites is 1. The van der Waals surface area contributed by atoms with Crippen LogP contribution in [0.3, 0.4) is 0 Å². The van der Waals surface area contributed by atoms with Gasteiger partial charge < -0.3 is 0 Å². The normalized spacial score (nSPS) is 16.2. The molecule has 1 aliphatic carbocycles. The smallest absolute Gasteiger partial charge is 0.289 e. The van der Waals surface area contributed by atoms with E-state index in [1.54, 1.807) is 4.68 Å². The average molecular weight is 406 g/mol. The molecule has 0 radical (unpaired) electrons. The fourth-order valence-corrected chi connectivity index (χ4v) is 3.71. The number of benzene rings is 1. The third kappa shape index (κ3) is 3.89. The van der Waals surface area contributed by atoms with Crippen LogP contribution in [0.1, 0.15) is 46.2 Å². The van der Waals surface area contributed by atoms with Gasteiger partial charge >= 0.3 is 0 Å². The molecule has 1 heterocycles. The minimum Gasteiger partial charge on any atom is -0.289 e. The first-order valence-corrected chi connectivity index (χ1v) is 10.7. The van der Waals surface area contributed by atoms with Crippen molar-refractivity contribution in [1.29, 1.82) is 0 Å². The van der Waals surface area contributed by atoms with Gasteiger partial charge in [-0.1, -0.05) is 45.9 Å². The van der Waals surface area contributed by atoms with E-state index >= 15 is 0 Å². The van der Waals surface area contributed by atoms with E-state index in [1.165, 1.54) is 0 Å². The minimum atomic E-state index is -0.164. The Morgan fingerprint density at radius 1 is 0.933 bits per heavy atom. The van der Waals surface area contributed by atoms with Gasteiger partial charge in [-0.3, -0.25) is 14.3 Å². The monoisotopic (exact) mass is 405 g/mol. The summed E-state index contributed by atoms with van der Waals surface area (Å²) in [5.41, 5.74) is 4.06. The Labute approximate surface area is 178 Å². The highest BCUT2D eigenvalue weighted by Crippen LogP contribution is 2.29. The first-order valence-electron chi connectivity index (χ1n) is 10.7. The predicted molar refractivity (Wildman–Crippen MR) is 123 cm³/mol. The summed E-state index contributed by atoms with van der Waals surface area (Å²) in [4.78, 5) is 31.0. The molecule has 0 aliphatic heterocycles. The summed E-state index contributed by atoms with van der Waals surface area (Å²) >= 11 is 0. The second-order valence-corrected chi connectivity index (χ2v) is 8.09. The summed E-state index contributed by atoms with van der Waals surface area (Å²) in [6, 6.07) is 9.54. The standard InChI is InChI=1S/C25H31N3O2/c1-7-16(3)21-14-19(15-22(24(21)29)17(4)8-2)26-23-18(5)27(6)28(25(23)30)20-12-10-9-11-13-20/h9-17H,7-8H2,1-6H3/t16-,17-/m1/s1. The number of allylic oxidation sites excluding steroid dienone is 4. The molecule has 1 aliphatic rings. The zero-order chi connectivity index (χ0) is 22.0. The number of Topliss-reactive ketones (excluding diaryl/α,β-unsaturated/α-hetero) is 1. The lowest BCUT2D eigenvalue weighted by Gasteiger charge is -2.22. The maximum atomic E-state index is 13.2. The molecule has 158 valence electrons. The molecule has 2 atom stereocenters. The maximum Gasteiger partial charge on any atom is 0.297 e. The molecule has 0 saturated heterocycles. The minimum absolute atomic E-state index is 0.115. The molecule has 2 aromatic rings. The van der Waals surface area contributed by atoms with Gasteiger partial charge in [0.1, 0.15) is 0 Å². The number of hydrogen-bond acceptors (Lipinski definition) is 3. The third-order valence-corrected chi connectivity index (χ3v) is 6.18. The molecule has 0 amide bonds. The number of nitrogens with zero attached hydrogens (tertiary/aromatic N) is 3. The lowest BCUT2D eigenvalue weighted by atomic mass is 9.81. The van der Waals surface area contributed by atoms with Crippen LogP contribution in [0.15, 0.2) is 63.4 Å². The lowest BCUT2D eigenvalue weighted by molar-refractivity contribution is -0.113. The number of hydrogen-bond donors (Lipinski definition) is 0. The second kappa shape index (κ2) is 8.82. The van der Waals surface area contributed by atoms with Gasteiger partial charge in [0.15, 0.2) is 11.5 Å². The quantitative estimate of drug-likeness (QED) is 0.629. The Morgan fingerprint density at radius 2 is 1.47 bits per heavy atom. The van der Waals surface area contributed by atoms with Crippen molar-refractivity contribution in [3.05, 3.63) is 69.7 Å². The van der Waals surface area contributed by atoms with Gasteiger partial charge in [-0.15, -0.1) is 0 Å². The van der Waals surface area contributed by atoms with Gasteiger partial charge in [-0.25, -0.2) is 9.67 Å². The molecule has 0 N–H and O–H groups in total. The molecule has 0 spiro atoms. The zero-order valence-corrected chi connectivity index (χ0v) is 18.8. The Balaban J connectivity index is 2.18. The van der Waals surface area contributed by atoms with Gasteiger partial charge in [0.05, 0.1) is 17.1 Å². The highest BCUT2D eigenvalue weighted by atomic mass is 16.1. The third-order valence-electron chi connectivity index (χ3n) is 6.18. The first kappa shape index (κ1) is 21.8. The van der Waals surface area contributed by atoms with Gasteiger partial charge in [0.2, 0.25) is 0 Å². The van der Waals surface area contributed by atoms with E-state index in [0.717, 1.165) is 35.4 Å². The lowest BCUT2D eigenvalue weighted by Crippen LogP contribution is -2.22. The molecule has 0 saturated carbocycles. The van der Waals surface area contributed by atoms with Crippen molar-refractivity contribution in [1.82, 2.24) is 9.36 Å². The summed E-state index contributed by atoms with van der Waals surface area (Å²) in [6.45, 7) is 10.2. The van der Waals surface area contributed by atoms with E-state index < -0.39 is 0 Å². The summed E-state index contributed by atoms with van der Waals surface area (Å²) in [7, 11) is 1.86. The van der Waals surface area contributed by atoms with Crippen molar-refractivity contribution < 1.29 is 4.79 Å². The van der Waals surface area contributed by atoms with E-state index in [4.69, 9.17) is 4.99 Å². The summed E-state index contributed by atoms with van der Waals surface area (Å²) in [5.74, 6) is 0.408. The molecule has 0 fully saturated rings. The highest BCUT2D eigenvalue weighted by Gasteiger charge is 2.27. The van der Waals surface area contributed by atoms with Crippen LogP contribution in [-0.2, 0) is 11.8 Å². The topological polar surface area (TPSA) is 56.4 Å². The van der Waals surface area contributed by atoms with Crippen molar-refractivity contribution in [3.8, 4) is 5.69 Å². The van der Waals surface area contributed by atoms with Crippen LogP contribution < -0.4 is 5.56 Å². The number of carbonyl (C=O) groups is 1. The largest absolute Gasteiger partial charge is 0.297 e. The van der Waals surface area contributed by atoms with Crippen molar-refractivity contribution in [2.45, 2.75) is 47.5 Å². The molecule has 3 rings (SSSR count). The maximum absolute atomic E-state index is 13.2. The predicted octanol–water partition coefficient (Wildman–Crippen LogP) is 5.08. The fraction of sp³-hybridized carbons (Fsp3) is 0.400. The van der Waals surface area contributed by atoms with Crippen LogP contribution in [0.2, 0.25) is 0 Å². The summed E-state index contributed by atoms with van der Waals surface area (Å²) in [5, 5.41) is 0. The van der Waals surface area contributed by atoms with Crippen LogP contribution >= 0.6 is 0 Å². The van der Waals surface area contributed by atoms with Gasteiger partial charge in [0, 0.05) is 18.2 Å². The molecule has 5 heteroatoms. The van der Waals surface area contributed by atoms with Crippen molar-refractivity contribution in [3.63, 3.8) is 0 Å². The SMILES string of the molecule is CC[C@@H](C)C1=CC(=Nc2c(C)n(C)n(-c3ccccc3)c2=O)C=C([C@H](C)CC)C1=O. The molecule has 1 aromatic heterocycles. The summed E-state index contributed by atoms with van der Waals surface area (Å²) < 4.78 is 3.45. The average Bonchev–Trinajstić information content (AvgIpc) is 2.97. The molecule has 0 bridgehead atoms. The van der Waals surface area contributed by atoms with Crippen LogP contribution in [0, 0.1) is 18.8 Å². The molecule has 0 unspecified atom stereocenters. The highest BCUT2D eigenvalue weighted by molar-refractivity contribution is 6.22. The number of ketones is 1. The number of rotatable bonds is 6. The second-order valence-electron chi connectivity index (χ2n) is 8.09. The summed E-state index contributed by atoms with van der Waals surface area (Å²) in [6.07, 6.45) is 5.48. The molecule has 30 heavy (non-hydrogen) atoms. The molecular formula is C25H31N3O2. The van der Waals surface area contributed by atoms with E-state index in [1.807, 2.05) is 61.1 Å². The van der Waals surface area contributed by atoms with Crippen LogP contribution in [0.4, 0.5) is 5.69 Å². The van der Waals surface area contributed by atoms with Crippen molar-refractivity contribution in [2.75, 3.05) is 0 Å². The number of aromatic nitrogens is 2. The molecule has 1 aromatic carbocycles. The van der Waals surface area contributed by atoms with E-state index in [9.17, 15) is 9.59 Å². The fourth-order valence-electron chi connectivity index (χ4n) is 3.71. The van der Waals surface area contributed by atoms with Crippen LogP contribution in [0.25, 0.3) is 5.69 Å². The van der Waals surface area contributed by atoms with Crippen LogP contribution in [-0.4, -0.2) is 20.9 Å². The van der Waals surface area contributed by atoms with Crippen molar-refractivity contribution in [2.24, 2.45) is 23.9 Å². The zero-order valence-electron chi connectivity index (χ0n) is 18.8. The van der Waals surface area contributed by atoms with Gasteiger partial charge in [-0.2, -0.15) is 0 Å². The van der Waals surface area contributed by atoms with Crippen molar-refractivity contribution >= 4 is 17.2 Å². The van der Waals surface area contributed by atoms with Gasteiger partial charge in [0.25, 0.3) is 5.56 Å².